The second kappa shape index (κ2) is 14.9. The molecule has 0 radical (unpaired) electrons. The average Bonchev–Trinajstić information content (AvgIpc) is 3.34. The first-order chi connectivity index (χ1) is 18.8. The van der Waals surface area contributed by atoms with E-state index in [9.17, 15) is 0 Å². The molecule has 0 bridgehead atoms. The SMILES string of the molecule is C=C(N)NCc1ccc(CC)cc1.CCc1ccccc1.Cc1ccccc1-c1cc(C)n2ncc(Br)c2n1. The number of fused-ring (bicyclic) bond motifs is 1. The highest BCUT2D eigenvalue weighted by Crippen LogP contribution is 2.25. The number of rotatable bonds is 6. The van der Waals surface area contributed by atoms with Gasteiger partial charge in [0.15, 0.2) is 5.65 Å². The Kier molecular flexibility index (Phi) is 11.3. The Bertz CT molecular complexity index is 1470. The molecule has 6 heteroatoms. The maximum Gasteiger partial charge on any atom is 0.170 e. The molecule has 0 unspecified atom stereocenters. The second-order valence-electron chi connectivity index (χ2n) is 9.21. The summed E-state index contributed by atoms with van der Waals surface area (Å²) in [6, 6.07) is 29.3. The van der Waals surface area contributed by atoms with Gasteiger partial charge in [-0.1, -0.05) is 99.3 Å². The molecule has 0 aliphatic heterocycles. The summed E-state index contributed by atoms with van der Waals surface area (Å²) in [5, 5.41) is 7.26. The van der Waals surface area contributed by atoms with E-state index in [1.54, 1.807) is 6.20 Å². The summed E-state index contributed by atoms with van der Waals surface area (Å²) in [6.07, 6.45) is 4.00. The highest BCUT2D eigenvalue weighted by atomic mass is 79.9. The molecule has 0 spiro atoms. The summed E-state index contributed by atoms with van der Waals surface area (Å²) in [4.78, 5) is 4.68. The molecule has 2 heterocycles. The number of nitrogens with zero attached hydrogens (tertiary/aromatic N) is 3. The molecule has 0 amide bonds. The van der Waals surface area contributed by atoms with Gasteiger partial charge in [-0.25, -0.2) is 9.50 Å². The van der Waals surface area contributed by atoms with Gasteiger partial charge in [-0.15, -0.1) is 0 Å². The maximum atomic E-state index is 5.39. The lowest BCUT2D eigenvalue weighted by Gasteiger charge is -2.07. The zero-order valence-electron chi connectivity index (χ0n) is 23.3. The van der Waals surface area contributed by atoms with Crippen molar-refractivity contribution in [1.82, 2.24) is 19.9 Å². The third-order valence-electron chi connectivity index (χ3n) is 6.23. The minimum Gasteiger partial charge on any atom is -0.386 e. The van der Waals surface area contributed by atoms with Crippen molar-refractivity contribution in [2.75, 3.05) is 0 Å². The first kappa shape index (κ1) is 29.7. The summed E-state index contributed by atoms with van der Waals surface area (Å²) in [5.74, 6) is 0.513. The molecule has 0 atom stereocenters. The fraction of sp³-hybridized carbons (Fsp3) is 0.212. The van der Waals surface area contributed by atoms with Crippen LogP contribution in [0.3, 0.4) is 0 Å². The Morgan fingerprint density at radius 2 is 1.46 bits per heavy atom. The van der Waals surface area contributed by atoms with Crippen LogP contribution in [0, 0.1) is 13.8 Å². The minimum atomic E-state index is 0.513. The van der Waals surface area contributed by atoms with Crippen LogP contribution in [-0.2, 0) is 19.4 Å². The average molecular weight is 585 g/mol. The molecule has 3 aromatic carbocycles. The van der Waals surface area contributed by atoms with Crippen molar-refractivity contribution < 1.29 is 0 Å². The standard InChI is InChI=1S/C14H12BrN3.C11H16N2.C8H10/c1-9-5-3-4-6-11(9)13-7-10(2)18-14(17-13)12(15)8-16-18;1-3-10-4-6-11(7-5-10)8-13-9(2)12;1-2-8-6-4-3-5-7-8/h3-8H,1-2H3;4-7,13H,2-3,8,12H2,1H3;3-7H,2H2,1H3. The van der Waals surface area contributed by atoms with Crippen LogP contribution >= 0.6 is 15.9 Å². The predicted octanol–water partition coefficient (Wildman–Crippen LogP) is 7.79. The van der Waals surface area contributed by atoms with Gasteiger partial charge in [0, 0.05) is 17.8 Å². The Morgan fingerprint density at radius 1 is 0.872 bits per heavy atom. The molecule has 5 rings (SSSR count). The molecule has 3 N–H and O–H groups in total. The first-order valence-corrected chi connectivity index (χ1v) is 14.0. The van der Waals surface area contributed by atoms with Crippen molar-refractivity contribution >= 4 is 21.6 Å². The van der Waals surface area contributed by atoms with Crippen molar-refractivity contribution in [1.29, 1.82) is 0 Å². The number of aromatic nitrogens is 3. The fourth-order valence-electron chi connectivity index (χ4n) is 3.91. The number of nitrogens with two attached hydrogens (primary N) is 1. The largest absolute Gasteiger partial charge is 0.386 e. The number of aryl methyl sites for hydroxylation is 4. The second-order valence-corrected chi connectivity index (χ2v) is 10.1. The zero-order chi connectivity index (χ0) is 28.2. The molecule has 0 saturated heterocycles. The molecule has 2 aromatic heterocycles. The van der Waals surface area contributed by atoms with E-state index in [0.717, 1.165) is 46.5 Å². The number of hydrogen-bond donors (Lipinski definition) is 2. The number of benzene rings is 3. The first-order valence-electron chi connectivity index (χ1n) is 13.2. The molecule has 5 nitrogen and oxygen atoms in total. The Hall–Kier alpha value is -3.90. The van der Waals surface area contributed by atoms with Crippen molar-refractivity contribution in [2.45, 2.75) is 47.1 Å². The van der Waals surface area contributed by atoms with Crippen molar-refractivity contribution in [2.24, 2.45) is 5.73 Å². The fourth-order valence-corrected chi connectivity index (χ4v) is 4.25. The summed E-state index contributed by atoms with van der Waals surface area (Å²) < 4.78 is 2.76. The van der Waals surface area contributed by atoms with Gasteiger partial charge in [-0.05, 0) is 70.9 Å². The van der Waals surface area contributed by atoms with Gasteiger partial charge in [-0.2, -0.15) is 5.10 Å². The Balaban J connectivity index is 0.000000175. The van der Waals surface area contributed by atoms with Crippen LogP contribution in [0.4, 0.5) is 0 Å². The maximum absolute atomic E-state index is 5.39. The van der Waals surface area contributed by atoms with Crippen LogP contribution in [0.5, 0.6) is 0 Å². The number of nitrogens with one attached hydrogen (secondary N) is 1. The van der Waals surface area contributed by atoms with Gasteiger partial charge in [0.1, 0.15) is 0 Å². The smallest absolute Gasteiger partial charge is 0.170 e. The number of hydrogen-bond acceptors (Lipinski definition) is 4. The topological polar surface area (TPSA) is 68.2 Å². The molecule has 0 fully saturated rings. The lowest BCUT2D eigenvalue weighted by Crippen LogP contribution is -2.17. The summed E-state index contributed by atoms with van der Waals surface area (Å²) in [7, 11) is 0. The Labute approximate surface area is 240 Å². The third kappa shape index (κ3) is 8.82. The monoisotopic (exact) mass is 583 g/mol. The van der Waals surface area contributed by atoms with E-state index in [0.29, 0.717) is 5.82 Å². The molecular formula is C33H38BrN5. The van der Waals surface area contributed by atoms with Gasteiger partial charge in [0.05, 0.1) is 22.2 Å². The van der Waals surface area contributed by atoms with Crippen LogP contribution in [-0.4, -0.2) is 14.6 Å². The lowest BCUT2D eigenvalue weighted by atomic mass is 10.1. The van der Waals surface area contributed by atoms with E-state index in [1.165, 1.54) is 22.3 Å². The van der Waals surface area contributed by atoms with E-state index >= 15 is 0 Å². The van der Waals surface area contributed by atoms with Gasteiger partial charge in [-0.3, -0.25) is 0 Å². The van der Waals surface area contributed by atoms with Gasteiger partial charge in [0.2, 0.25) is 0 Å². The van der Waals surface area contributed by atoms with Crippen LogP contribution in [0.15, 0.2) is 108 Å². The van der Waals surface area contributed by atoms with Crippen LogP contribution in [0.2, 0.25) is 0 Å². The van der Waals surface area contributed by atoms with Gasteiger partial charge >= 0.3 is 0 Å². The van der Waals surface area contributed by atoms with E-state index in [-0.39, 0.29) is 0 Å². The number of halogens is 1. The summed E-state index contributed by atoms with van der Waals surface area (Å²) in [6.45, 7) is 12.8. The molecular weight excluding hydrogens is 546 g/mol. The van der Waals surface area contributed by atoms with Crippen LogP contribution < -0.4 is 11.1 Å². The molecule has 0 aliphatic carbocycles. The highest BCUT2D eigenvalue weighted by molar-refractivity contribution is 9.10. The van der Waals surface area contributed by atoms with Crippen LogP contribution in [0.25, 0.3) is 16.9 Å². The van der Waals surface area contributed by atoms with Gasteiger partial charge < -0.3 is 11.1 Å². The Morgan fingerprint density at radius 3 is 2.05 bits per heavy atom. The van der Waals surface area contributed by atoms with E-state index in [2.05, 4.69) is 125 Å². The van der Waals surface area contributed by atoms with Crippen molar-refractivity contribution in [3.63, 3.8) is 0 Å². The summed E-state index contributed by atoms with van der Waals surface area (Å²) in [5.41, 5.74) is 14.7. The molecule has 0 aliphatic rings. The molecule has 202 valence electrons. The highest BCUT2D eigenvalue weighted by Gasteiger charge is 2.10. The quantitative estimate of drug-likeness (QED) is 0.214. The minimum absolute atomic E-state index is 0.513. The molecule has 0 saturated carbocycles. The molecule has 39 heavy (non-hydrogen) atoms. The third-order valence-corrected chi connectivity index (χ3v) is 6.79. The summed E-state index contributed by atoms with van der Waals surface area (Å²) >= 11 is 3.48. The van der Waals surface area contributed by atoms with Crippen LogP contribution in [0.1, 0.15) is 41.8 Å². The normalized spacial score (nSPS) is 10.2. The van der Waals surface area contributed by atoms with Crippen molar-refractivity contribution in [3.8, 4) is 11.3 Å². The zero-order valence-corrected chi connectivity index (χ0v) is 24.9. The lowest BCUT2D eigenvalue weighted by molar-refractivity contribution is 0.803. The van der Waals surface area contributed by atoms with E-state index < -0.39 is 0 Å². The van der Waals surface area contributed by atoms with E-state index in [1.807, 2.05) is 29.6 Å². The van der Waals surface area contributed by atoms with Gasteiger partial charge in [0.25, 0.3) is 0 Å². The predicted molar refractivity (Wildman–Crippen MR) is 167 cm³/mol. The van der Waals surface area contributed by atoms with E-state index in [4.69, 9.17) is 5.73 Å². The molecule has 5 aromatic rings. The van der Waals surface area contributed by atoms with Crippen molar-refractivity contribution in [3.05, 3.63) is 136 Å².